The number of carbonyl (C=O) groups excluding carboxylic acids is 1. The Morgan fingerprint density at radius 1 is 1.50 bits per heavy atom. The molecule has 2 amide bonds. The average Bonchev–Trinajstić information content (AvgIpc) is 3.17. The lowest BCUT2D eigenvalue weighted by Gasteiger charge is -2.25. The topological polar surface area (TPSA) is 90.0 Å². The van der Waals surface area contributed by atoms with E-state index in [1.165, 1.54) is 0 Å². The molecule has 0 aromatic carbocycles. The molecule has 0 bridgehead atoms. The van der Waals surface area contributed by atoms with Crippen molar-refractivity contribution in [3.8, 4) is 0 Å². The van der Waals surface area contributed by atoms with Crippen molar-refractivity contribution in [2.24, 2.45) is 5.92 Å². The number of aromatic nitrogens is 4. The molecular weight excluding hydrogens is 306 g/mol. The number of likely N-dealkylation sites (N-methyl/N-ethyl adjacent to an activating group) is 1. The fourth-order valence-corrected chi connectivity index (χ4v) is 2.71. The number of amides is 2. The summed E-state index contributed by atoms with van der Waals surface area (Å²) in [5.41, 5.74) is 1.36. The molecule has 1 aliphatic rings. The van der Waals surface area contributed by atoms with Crippen LogP contribution >= 0.6 is 0 Å². The van der Waals surface area contributed by atoms with Gasteiger partial charge in [-0.2, -0.15) is 4.98 Å². The molecule has 2 N–H and O–H groups in total. The number of carbonyl (C=O) groups is 1. The summed E-state index contributed by atoms with van der Waals surface area (Å²) < 4.78 is 0. The van der Waals surface area contributed by atoms with Crippen molar-refractivity contribution in [3.63, 3.8) is 0 Å². The number of nitrogens with zero attached hydrogens (tertiary/aromatic N) is 5. The number of hydrogen-bond acceptors (Lipinski definition) is 5. The Labute approximate surface area is 140 Å². The van der Waals surface area contributed by atoms with Crippen LogP contribution in [0.25, 0.3) is 5.70 Å². The van der Waals surface area contributed by atoms with Crippen molar-refractivity contribution in [1.29, 1.82) is 0 Å². The first-order chi connectivity index (χ1) is 11.5. The zero-order chi connectivity index (χ0) is 17.3. The second-order valence-electron chi connectivity index (χ2n) is 6.15. The van der Waals surface area contributed by atoms with Gasteiger partial charge in [0.2, 0.25) is 5.95 Å². The summed E-state index contributed by atoms with van der Waals surface area (Å²) in [6.45, 7) is 8.83. The molecule has 2 aromatic rings. The highest BCUT2D eigenvalue weighted by molar-refractivity contribution is 5.94. The maximum absolute atomic E-state index is 12.5. The maximum atomic E-state index is 12.5. The van der Waals surface area contributed by atoms with E-state index < -0.39 is 0 Å². The Kier molecular flexibility index (Phi) is 4.20. The molecule has 8 heteroatoms. The van der Waals surface area contributed by atoms with Crippen molar-refractivity contribution in [3.05, 3.63) is 37.1 Å². The first-order valence-corrected chi connectivity index (χ1v) is 7.79. The summed E-state index contributed by atoms with van der Waals surface area (Å²) in [4.78, 5) is 31.5. The fraction of sp³-hybridized carbons (Fsp3) is 0.375. The Balaban J connectivity index is 1.84. The molecule has 0 aliphatic carbocycles. The predicted octanol–water partition coefficient (Wildman–Crippen LogP) is 2.18. The monoisotopic (exact) mass is 327 g/mol. The van der Waals surface area contributed by atoms with Gasteiger partial charge in [-0.15, -0.1) is 0 Å². The maximum Gasteiger partial charge on any atom is 0.325 e. The summed E-state index contributed by atoms with van der Waals surface area (Å²) >= 11 is 0. The van der Waals surface area contributed by atoms with E-state index >= 15 is 0 Å². The van der Waals surface area contributed by atoms with Crippen LogP contribution in [0, 0.1) is 5.92 Å². The van der Waals surface area contributed by atoms with E-state index in [4.69, 9.17) is 0 Å². The molecule has 126 valence electrons. The normalized spacial score (nSPS) is 17.7. The molecule has 3 heterocycles. The van der Waals surface area contributed by atoms with Crippen molar-refractivity contribution < 1.29 is 4.79 Å². The van der Waals surface area contributed by atoms with Crippen LogP contribution in [0.15, 0.2) is 31.4 Å². The molecule has 0 spiro atoms. The largest absolute Gasteiger partial charge is 0.343 e. The second-order valence-corrected chi connectivity index (χ2v) is 6.15. The quantitative estimate of drug-likeness (QED) is 0.878. The number of hydrogen-bond donors (Lipinski definition) is 2. The lowest BCUT2D eigenvalue weighted by Crippen LogP contribution is -2.38. The lowest BCUT2D eigenvalue weighted by molar-refractivity contribution is 0.229. The van der Waals surface area contributed by atoms with Crippen molar-refractivity contribution in [2.45, 2.75) is 19.9 Å². The van der Waals surface area contributed by atoms with Crippen LogP contribution in [0.3, 0.4) is 0 Å². The minimum absolute atomic E-state index is 0.0502. The van der Waals surface area contributed by atoms with Crippen molar-refractivity contribution in [2.75, 3.05) is 23.8 Å². The molecule has 1 aliphatic heterocycles. The highest BCUT2D eigenvalue weighted by Gasteiger charge is 2.38. The average molecular weight is 327 g/mol. The van der Waals surface area contributed by atoms with Gasteiger partial charge in [0.05, 0.1) is 30.0 Å². The third kappa shape index (κ3) is 2.94. The molecule has 2 aromatic heterocycles. The highest BCUT2D eigenvalue weighted by Crippen LogP contribution is 2.27. The minimum atomic E-state index is -0.0502. The van der Waals surface area contributed by atoms with E-state index in [0.717, 1.165) is 5.69 Å². The van der Waals surface area contributed by atoms with Crippen LogP contribution in [0.4, 0.5) is 16.6 Å². The predicted molar refractivity (Wildman–Crippen MR) is 92.4 cm³/mol. The number of nitrogens with one attached hydrogen (secondary N) is 2. The number of aromatic amines is 1. The van der Waals surface area contributed by atoms with Gasteiger partial charge in [0.15, 0.2) is 0 Å². The van der Waals surface area contributed by atoms with Crippen LogP contribution in [0.5, 0.6) is 0 Å². The van der Waals surface area contributed by atoms with E-state index in [1.807, 2.05) is 0 Å². The Morgan fingerprint density at radius 3 is 2.96 bits per heavy atom. The van der Waals surface area contributed by atoms with Crippen molar-refractivity contribution in [1.82, 2.24) is 24.8 Å². The molecule has 1 saturated heterocycles. The first-order valence-electron chi connectivity index (χ1n) is 7.79. The van der Waals surface area contributed by atoms with Gasteiger partial charge in [-0.25, -0.2) is 14.8 Å². The summed E-state index contributed by atoms with van der Waals surface area (Å²) in [6, 6.07) is 1.78. The van der Waals surface area contributed by atoms with Crippen LogP contribution in [-0.2, 0) is 0 Å². The van der Waals surface area contributed by atoms with Gasteiger partial charge in [0.25, 0.3) is 0 Å². The van der Waals surface area contributed by atoms with Crippen LogP contribution in [0.2, 0.25) is 0 Å². The molecule has 1 atom stereocenters. The Hall–Kier alpha value is -2.90. The molecule has 8 nitrogen and oxygen atoms in total. The summed E-state index contributed by atoms with van der Waals surface area (Å²) in [7, 11) is 1.80. The van der Waals surface area contributed by atoms with E-state index in [2.05, 4.69) is 45.7 Å². The number of anilines is 2. The molecule has 0 unspecified atom stereocenters. The van der Waals surface area contributed by atoms with Gasteiger partial charge in [-0.1, -0.05) is 20.4 Å². The van der Waals surface area contributed by atoms with Crippen LogP contribution < -0.4 is 10.2 Å². The minimum Gasteiger partial charge on any atom is -0.343 e. The molecule has 0 radical (unpaired) electrons. The molecular formula is C16H21N7O. The second kappa shape index (κ2) is 6.31. The Bertz CT molecular complexity index is 741. The molecule has 1 fully saturated rings. The summed E-state index contributed by atoms with van der Waals surface area (Å²) in [5.74, 6) is 1.29. The van der Waals surface area contributed by atoms with Crippen LogP contribution in [-0.4, -0.2) is 50.5 Å². The van der Waals surface area contributed by atoms with Gasteiger partial charge < -0.3 is 15.2 Å². The zero-order valence-corrected chi connectivity index (χ0v) is 14.0. The van der Waals surface area contributed by atoms with Gasteiger partial charge in [-0.3, -0.25) is 4.90 Å². The first kappa shape index (κ1) is 16.0. The van der Waals surface area contributed by atoms with Gasteiger partial charge in [-0.05, 0) is 12.0 Å². The Morgan fingerprint density at radius 2 is 2.29 bits per heavy atom. The third-order valence-electron chi connectivity index (χ3n) is 4.07. The molecule has 24 heavy (non-hydrogen) atoms. The number of urea groups is 1. The van der Waals surface area contributed by atoms with Gasteiger partial charge in [0.1, 0.15) is 5.82 Å². The van der Waals surface area contributed by atoms with Gasteiger partial charge >= 0.3 is 6.03 Å². The SMILES string of the molecule is C=C(Nc1nccc(N2C(=O)N(C)C[C@@H]2C(C)C)n1)c1cnc[nH]1. The summed E-state index contributed by atoms with van der Waals surface area (Å²) in [5, 5.41) is 3.04. The van der Waals surface area contributed by atoms with Crippen LogP contribution in [0.1, 0.15) is 19.5 Å². The standard InChI is InChI=1S/C16H21N7O/c1-10(2)13-8-22(4)16(24)23(13)14-5-6-18-15(21-14)20-11(3)12-7-17-9-19-12/h5-7,9-10,13H,3,8H2,1-2,4H3,(H,17,19)(H,18,20,21)/t13-/m1/s1. The van der Waals surface area contributed by atoms with E-state index in [9.17, 15) is 4.79 Å². The third-order valence-corrected chi connectivity index (χ3v) is 4.07. The van der Waals surface area contributed by atoms with E-state index in [0.29, 0.717) is 29.9 Å². The highest BCUT2D eigenvalue weighted by atomic mass is 16.2. The van der Waals surface area contributed by atoms with E-state index in [1.54, 1.807) is 41.6 Å². The fourth-order valence-electron chi connectivity index (χ4n) is 2.71. The van der Waals surface area contributed by atoms with Crippen molar-refractivity contribution >= 4 is 23.5 Å². The number of H-pyrrole nitrogens is 1. The number of rotatable bonds is 5. The lowest BCUT2D eigenvalue weighted by atomic mass is 10.0. The molecule has 0 saturated carbocycles. The molecule has 3 rings (SSSR count). The van der Waals surface area contributed by atoms with E-state index in [-0.39, 0.29) is 12.1 Å². The summed E-state index contributed by atoms with van der Waals surface area (Å²) in [6.07, 6.45) is 4.87. The zero-order valence-electron chi connectivity index (χ0n) is 14.0. The van der Waals surface area contributed by atoms with Gasteiger partial charge in [0, 0.05) is 19.8 Å². The number of imidazole rings is 1. The smallest absolute Gasteiger partial charge is 0.325 e.